The van der Waals surface area contributed by atoms with Gasteiger partial charge in [-0.2, -0.15) is 0 Å². The third-order valence-corrected chi connectivity index (χ3v) is 24.2. The SMILES string of the molecule is CC1(C)c2ccccc2-c2ccc(-c3cc(-c4ccc5c(c4)C(C)(C)c4ccccc4-5)cc(-c4c5ccccc5c(-c5c6ccccc6c(-c6cc(-c7ccc8c(c7)C(C)(C)c7ccccc7-8)cc(-c7ccc8c(c7)C(C)(C)c7ccccc7-8)c6)c6ccccc56)c5ccccc45)c3)cc21. The molecule has 0 spiro atoms. The predicted molar refractivity (Wildman–Crippen MR) is 425 cm³/mol. The Morgan fingerprint density at radius 3 is 0.550 bits per heavy atom. The van der Waals surface area contributed by atoms with Crippen molar-refractivity contribution in [3.63, 3.8) is 0 Å². The van der Waals surface area contributed by atoms with E-state index in [9.17, 15) is 0 Å². The molecule has 4 aliphatic carbocycles. The topological polar surface area (TPSA) is 0 Å². The van der Waals surface area contributed by atoms with Crippen molar-refractivity contribution >= 4 is 43.1 Å². The van der Waals surface area contributed by atoms with Crippen LogP contribution in [-0.4, -0.2) is 0 Å². The summed E-state index contributed by atoms with van der Waals surface area (Å²) >= 11 is 0. The highest BCUT2D eigenvalue weighted by molar-refractivity contribution is 6.30. The first kappa shape index (κ1) is 58.7. The van der Waals surface area contributed by atoms with Crippen LogP contribution >= 0.6 is 0 Å². The minimum Gasteiger partial charge on any atom is -0.0619 e. The molecule has 16 aromatic rings. The zero-order chi connectivity index (χ0) is 67.3. The highest BCUT2D eigenvalue weighted by Crippen LogP contribution is 2.57. The van der Waals surface area contributed by atoms with Crippen LogP contribution in [0.3, 0.4) is 0 Å². The third kappa shape index (κ3) is 8.28. The van der Waals surface area contributed by atoms with Crippen molar-refractivity contribution in [2.45, 2.75) is 77.0 Å². The molecule has 0 heterocycles. The molecule has 100 heavy (non-hydrogen) atoms. The summed E-state index contributed by atoms with van der Waals surface area (Å²) < 4.78 is 0. The summed E-state index contributed by atoms with van der Waals surface area (Å²) in [6.07, 6.45) is 0. The van der Waals surface area contributed by atoms with Crippen LogP contribution in [0.25, 0.3) is 165 Å². The summed E-state index contributed by atoms with van der Waals surface area (Å²) in [5.41, 5.74) is 38.3. The Labute approximate surface area is 586 Å². The fourth-order valence-electron chi connectivity index (χ4n) is 19.2. The van der Waals surface area contributed by atoms with Gasteiger partial charge >= 0.3 is 0 Å². The normalized spacial score (nSPS) is 14.9. The lowest BCUT2D eigenvalue weighted by Crippen LogP contribution is -2.15. The Morgan fingerprint density at radius 2 is 0.320 bits per heavy atom. The van der Waals surface area contributed by atoms with Crippen molar-refractivity contribution in [2.24, 2.45) is 0 Å². The van der Waals surface area contributed by atoms with Crippen LogP contribution < -0.4 is 0 Å². The predicted octanol–water partition coefficient (Wildman–Crippen LogP) is 27.2. The van der Waals surface area contributed by atoms with Gasteiger partial charge in [0.25, 0.3) is 0 Å². The molecule has 0 nitrogen and oxygen atoms in total. The monoisotopic (exact) mass is 1270 g/mol. The van der Waals surface area contributed by atoms with Crippen molar-refractivity contribution in [1.82, 2.24) is 0 Å². The van der Waals surface area contributed by atoms with E-state index >= 15 is 0 Å². The number of hydrogen-bond acceptors (Lipinski definition) is 0. The van der Waals surface area contributed by atoms with E-state index in [4.69, 9.17) is 0 Å². The van der Waals surface area contributed by atoms with Crippen LogP contribution in [0.5, 0.6) is 0 Å². The van der Waals surface area contributed by atoms with Gasteiger partial charge in [-0.05, 0) is 271 Å². The molecular weight excluding hydrogens is 1200 g/mol. The molecule has 0 bridgehead atoms. The molecule has 0 amide bonds. The maximum Gasteiger partial charge on any atom is 0.0159 e. The molecule has 0 fully saturated rings. The summed E-state index contributed by atoms with van der Waals surface area (Å²) in [5.74, 6) is 0. The average molecular weight is 1280 g/mol. The lowest BCUT2D eigenvalue weighted by molar-refractivity contribution is 0.660. The zero-order valence-corrected chi connectivity index (χ0v) is 57.9. The summed E-state index contributed by atoms with van der Waals surface area (Å²) in [6.45, 7) is 19.2. The van der Waals surface area contributed by atoms with Crippen molar-refractivity contribution in [2.75, 3.05) is 0 Å². The third-order valence-electron chi connectivity index (χ3n) is 24.2. The van der Waals surface area contributed by atoms with E-state index in [-0.39, 0.29) is 21.7 Å². The molecule has 0 saturated heterocycles. The minimum absolute atomic E-state index is 0.146. The number of rotatable bonds is 7. The van der Waals surface area contributed by atoms with Gasteiger partial charge in [-0.15, -0.1) is 0 Å². The standard InChI is InChI=1S/C100H74/c1-97(2)85-37-21-17-25-69(85)73-45-41-59(55-89(73)97)63-49-64(60-42-46-74-70-26-18-22-38-86(70)98(3,4)90(74)56-60)52-67(51-63)93-77-29-9-13-33-81(77)95(82-34-14-10-30-78(82)93)96-83-35-15-11-31-79(83)94(80-32-12-16-36-84(80)96)68-53-65(61-43-47-75-71-27-19-23-39-87(71)99(5,6)91(75)57-61)50-66(54-68)62-44-48-76-72-28-20-24-40-88(72)100(7,8)92(76)58-62/h9-58H,1-8H3. The fraction of sp³-hybridized carbons (Fsp3) is 0.120. The van der Waals surface area contributed by atoms with E-state index in [1.54, 1.807) is 0 Å². The highest BCUT2D eigenvalue weighted by atomic mass is 14.4. The van der Waals surface area contributed by atoms with Crippen molar-refractivity contribution < 1.29 is 0 Å². The minimum atomic E-state index is -0.146. The van der Waals surface area contributed by atoms with Gasteiger partial charge in [-0.1, -0.05) is 298 Å². The van der Waals surface area contributed by atoms with Crippen LogP contribution in [0, 0.1) is 0 Å². The summed E-state index contributed by atoms with van der Waals surface area (Å²) in [5, 5.41) is 9.83. The van der Waals surface area contributed by atoms with Crippen molar-refractivity contribution in [3.05, 3.63) is 348 Å². The second-order valence-electron chi connectivity index (χ2n) is 31.0. The number of benzene rings is 16. The van der Waals surface area contributed by atoms with E-state index in [0.29, 0.717) is 0 Å². The second kappa shape index (κ2) is 21.0. The maximum absolute atomic E-state index is 2.50. The molecule has 4 aliphatic rings. The van der Waals surface area contributed by atoms with Crippen LogP contribution in [-0.2, 0) is 21.7 Å². The first-order valence-electron chi connectivity index (χ1n) is 35.8. The van der Waals surface area contributed by atoms with E-state index in [2.05, 4.69) is 359 Å². The molecule has 0 N–H and O–H groups in total. The number of hydrogen-bond donors (Lipinski definition) is 0. The Morgan fingerprint density at radius 1 is 0.140 bits per heavy atom. The molecule has 16 aromatic carbocycles. The Kier molecular flexibility index (Phi) is 12.4. The Hall–Kier alpha value is -11.4. The highest BCUT2D eigenvalue weighted by Gasteiger charge is 2.40. The Balaban J connectivity index is 0.808. The number of fused-ring (bicyclic) bond motifs is 16. The van der Waals surface area contributed by atoms with Crippen molar-refractivity contribution in [1.29, 1.82) is 0 Å². The summed E-state index contributed by atoms with van der Waals surface area (Å²) in [4.78, 5) is 0. The molecule has 0 aromatic heterocycles. The lowest BCUT2D eigenvalue weighted by atomic mass is 9.79. The largest absolute Gasteiger partial charge is 0.0619 e. The van der Waals surface area contributed by atoms with Crippen molar-refractivity contribution in [3.8, 4) is 122 Å². The average Bonchev–Trinajstić information content (AvgIpc) is 1.20. The van der Waals surface area contributed by atoms with E-state index < -0.39 is 0 Å². The van der Waals surface area contributed by atoms with E-state index in [0.717, 1.165) is 0 Å². The molecule has 0 radical (unpaired) electrons. The second-order valence-corrected chi connectivity index (χ2v) is 31.0. The van der Waals surface area contributed by atoms with Gasteiger partial charge in [0.05, 0.1) is 0 Å². The smallest absolute Gasteiger partial charge is 0.0159 e. The maximum atomic E-state index is 2.50. The molecule has 474 valence electrons. The van der Waals surface area contributed by atoms with Gasteiger partial charge in [-0.25, -0.2) is 0 Å². The quantitative estimate of drug-likeness (QED) is 0.140. The summed E-state index contributed by atoms with van der Waals surface area (Å²) in [7, 11) is 0. The zero-order valence-electron chi connectivity index (χ0n) is 57.9. The van der Waals surface area contributed by atoms with Crippen LogP contribution in [0.4, 0.5) is 0 Å². The molecule has 0 atom stereocenters. The molecule has 20 rings (SSSR count). The Bertz CT molecular complexity index is 5520. The van der Waals surface area contributed by atoms with Gasteiger partial charge in [0.1, 0.15) is 0 Å². The van der Waals surface area contributed by atoms with Gasteiger partial charge in [-0.3, -0.25) is 0 Å². The van der Waals surface area contributed by atoms with Crippen LogP contribution in [0.15, 0.2) is 303 Å². The molecule has 0 saturated carbocycles. The molecule has 0 heteroatoms. The van der Waals surface area contributed by atoms with Gasteiger partial charge in [0, 0.05) is 21.7 Å². The molecular formula is C100H74. The van der Waals surface area contributed by atoms with E-state index in [1.807, 2.05) is 0 Å². The first-order valence-corrected chi connectivity index (χ1v) is 35.8. The first-order chi connectivity index (χ1) is 48.6. The molecule has 0 aliphatic heterocycles. The fourth-order valence-corrected chi connectivity index (χ4v) is 19.2. The van der Waals surface area contributed by atoms with Crippen LogP contribution in [0.2, 0.25) is 0 Å². The molecule has 0 unspecified atom stereocenters. The van der Waals surface area contributed by atoms with E-state index in [1.165, 1.54) is 210 Å². The van der Waals surface area contributed by atoms with Gasteiger partial charge in [0.15, 0.2) is 0 Å². The lowest BCUT2D eigenvalue weighted by Gasteiger charge is -2.24. The van der Waals surface area contributed by atoms with Crippen LogP contribution in [0.1, 0.15) is 99.9 Å². The van der Waals surface area contributed by atoms with Gasteiger partial charge < -0.3 is 0 Å². The van der Waals surface area contributed by atoms with Gasteiger partial charge in [0.2, 0.25) is 0 Å². The summed E-state index contributed by atoms with van der Waals surface area (Å²) in [6, 6.07) is 117.